The lowest BCUT2D eigenvalue weighted by molar-refractivity contribution is -0.137. The second-order valence-corrected chi connectivity index (χ2v) is 12.1. The van der Waals surface area contributed by atoms with Crippen molar-refractivity contribution in [2.75, 3.05) is 0 Å². The molecule has 8 heteroatoms. The summed E-state index contributed by atoms with van der Waals surface area (Å²) in [7, 11) is 0. The van der Waals surface area contributed by atoms with E-state index < -0.39 is 11.9 Å². The molecular formula is C38H42N4O4. The Morgan fingerprint density at radius 1 is 0.761 bits per heavy atom. The van der Waals surface area contributed by atoms with Crippen LogP contribution >= 0.6 is 0 Å². The minimum atomic E-state index is -0.884. The van der Waals surface area contributed by atoms with E-state index in [-0.39, 0.29) is 12.8 Å². The molecular weight excluding hydrogens is 576 g/mol. The minimum Gasteiger partial charge on any atom is -0.481 e. The van der Waals surface area contributed by atoms with E-state index in [2.05, 4.69) is 55.6 Å². The highest BCUT2D eigenvalue weighted by molar-refractivity contribution is 5.97. The Balaban J connectivity index is 1.99. The molecule has 5 rings (SSSR count). The first-order chi connectivity index (χ1) is 22.0. The molecule has 238 valence electrons. The molecule has 0 aliphatic carbocycles. The number of H-pyrrole nitrogens is 1. The number of carbonyl (C=O) groups is 2. The Morgan fingerprint density at radius 3 is 1.85 bits per heavy atom. The van der Waals surface area contributed by atoms with Crippen molar-refractivity contribution in [3.05, 3.63) is 82.5 Å². The van der Waals surface area contributed by atoms with Crippen LogP contribution in [-0.2, 0) is 16.1 Å². The summed E-state index contributed by atoms with van der Waals surface area (Å²) < 4.78 is 2.34. The predicted octanol–water partition coefficient (Wildman–Crippen LogP) is 9.08. The zero-order valence-corrected chi connectivity index (χ0v) is 27.4. The number of carboxylic acid groups (broad SMARTS) is 2. The van der Waals surface area contributed by atoms with E-state index in [9.17, 15) is 19.8 Å². The van der Waals surface area contributed by atoms with Crippen molar-refractivity contribution in [3.8, 4) is 0 Å². The average Bonchev–Trinajstić information content (AvgIpc) is 3.65. The number of aliphatic carboxylic acids is 2. The van der Waals surface area contributed by atoms with Gasteiger partial charge in [0.15, 0.2) is 0 Å². The molecule has 0 saturated carbocycles. The summed E-state index contributed by atoms with van der Waals surface area (Å²) in [6.07, 6.45) is 6.34. The van der Waals surface area contributed by atoms with Gasteiger partial charge < -0.3 is 19.8 Å². The van der Waals surface area contributed by atoms with E-state index in [1.54, 1.807) is 0 Å². The van der Waals surface area contributed by atoms with Crippen LogP contribution in [0.3, 0.4) is 0 Å². The lowest BCUT2D eigenvalue weighted by Gasteiger charge is -2.07. The molecule has 2 aliphatic heterocycles. The Hall–Kier alpha value is -4.98. The SMILES string of the molecule is C=Cc1c(C)c2cc3c(C=C)c(C)c(cc4nc(cc5nc(cc1[nH]2)C(C)=C5CCC(=O)O)C(CCC(=O)O)=C4C)n3CCCC. The van der Waals surface area contributed by atoms with Gasteiger partial charge in [0.1, 0.15) is 0 Å². The molecule has 2 aliphatic rings. The van der Waals surface area contributed by atoms with Gasteiger partial charge in [-0.2, -0.15) is 0 Å². The Morgan fingerprint density at radius 2 is 1.33 bits per heavy atom. The number of allylic oxidation sites excluding steroid dienone is 4. The molecule has 8 bridgehead atoms. The maximum atomic E-state index is 11.7. The number of aryl methyl sites for hydroxylation is 3. The number of fused-ring (bicyclic) bond motifs is 8. The summed E-state index contributed by atoms with van der Waals surface area (Å²) in [5, 5.41) is 19.1. The summed E-state index contributed by atoms with van der Waals surface area (Å²) >= 11 is 0. The van der Waals surface area contributed by atoms with E-state index in [0.717, 1.165) is 97.4 Å². The number of hydrogen-bond acceptors (Lipinski definition) is 4. The van der Waals surface area contributed by atoms with Crippen molar-refractivity contribution in [3.63, 3.8) is 0 Å². The fourth-order valence-corrected chi connectivity index (χ4v) is 6.54. The molecule has 5 heterocycles. The number of aromatic nitrogens is 4. The number of aromatic amines is 1. The van der Waals surface area contributed by atoms with Gasteiger partial charge in [-0.3, -0.25) is 9.59 Å². The molecule has 3 N–H and O–H groups in total. The van der Waals surface area contributed by atoms with Gasteiger partial charge in [0, 0.05) is 47.1 Å². The fraction of sp³-hybridized carbons (Fsp3) is 0.316. The number of nitrogens with zero attached hydrogens (tertiary/aromatic N) is 3. The maximum absolute atomic E-state index is 11.7. The van der Waals surface area contributed by atoms with Gasteiger partial charge in [-0.1, -0.05) is 38.7 Å². The van der Waals surface area contributed by atoms with Crippen LogP contribution in [0.5, 0.6) is 0 Å². The number of rotatable bonds is 11. The Labute approximate surface area is 269 Å². The highest BCUT2D eigenvalue weighted by Crippen LogP contribution is 2.38. The monoisotopic (exact) mass is 618 g/mol. The van der Waals surface area contributed by atoms with Gasteiger partial charge in [0.2, 0.25) is 0 Å². The van der Waals surface area contributed by atoms with Gasteiger partial charge >= 0.3 is 11.9 Å². The van der Waals surface area contributed by atoms with Gasteiger partial charge in [0.05, 0.1) is 28.3 Å². The van der Waals surface area contributed by atoms with Crippen LogP contribution in [0.25, 0.3) is 56.5 Å². The Kier molecular flexibility index (Phi) is 9.28. The van der Waals surface area contributed by atoms with Gasteiger partial charge in [-0.05, 0) is 105 Å². The van der Waals surface area contributed by atoms with Gasteiger partial charge in [-0.15, -0.1) is 0 Å². The first kappa shape index (κ1) is 32.4. The molecule has 0 atom stereocenters. The highest BCUT2D eigenvalue weighted by atomic mass is 16.4. The number of nitrogens with one attached hydrogen (secondary N) is 1. The fourth-order valence-electron chi connectivity index (χ4n) is 6.54. The number of unbranched alkanes of at least 4 members (excludes halogenated alkanes) is 1. The van der Waals surface area contributed by atoms with Crippen LogP contribution in [0.4, 0.5) is 0 Å². The largest absolute Gasteiger partial charge is 0.481 e. The standard InChI is InChI=1S/C38H42N4O4/c1-8-11-16-42-35-19-30-23(6)28(13-15-38(45)46)34(41-30)18-33-27(12-14-37(43)44)22(5)29(39-33)17-32-25(9-2)21(4)31(40-32)20-36(42)26(10-3)24(35)7/h9-10,17-20,40H,2-3,8,11-16H2,1,4-7H3,(H,43,44)(H,45,46). The normalized spacial score (nSPS) is 13.0. The second kappa shape index (κ2) is 13.2. The third-order valence-corrected chi connectivity index (χ3v) is 9.22. The topological polar surface area (TPSA) is 121 Å². The molecule has 3 aromatic heterocycles. The Bertz CT molecular complexity index is 2020. The molecule has 46 heavy (non-hydrogen) atoms. The lowest BCUT2D eigenvalue weighted by Crippen LogP contribution is -1.97. The molecule has 0 radical (unpaired) electrons. The van der Waals surface area contributed by atoms with Crippen LogP contribution in [-0.4, -0.2) is 41.7 Å². The maximum Gasteiger partial charge on any atom is 0.303 e. The molecule has 0 spiro atoms. The molecule has 0 saturated heterocycles. The molecule has 3 aromatic rings. The van der Waals surface area contributed by atoms with E-state index in [1.165, 1.54) is 0 Å². The van der Waals surface area contributed by atoms with Crippen LogP contribution in [0.2, 0.25) is 0 Å². The molecule has 0 aromatic carbocycles. The third-order valence-electron chi connectivity index (χ3n) is 9.22. The first-order valence-electron chi connectivity index (χ1n) is 15.8. The minimum absolute atomic E-state index is 0.0323. The van der Waals surface area contributed by atoms with Crippen molar-refractivity contribution in [2.24, 2.45) is 0 Å². The third kappa shape index (κ3) is 5.99. The van der Waals surface area contributed by atoms with Crippen molar-refractivity contribution >= 4 is 68.4 Å². The van der Waals surface area contributed by atoms with E-state index >= 15 is 0 Å². The summed E-state index contributed by atoms with van der Waals surface area (Å²) in [5.74, 6) is -1.76. The average molecular weight is 619 g/mol. The summed E-state index contributed by atoms with van der Waals surface area (Å²) in [6, 6.07) is 8.18. The highest BCUT2D eigenvalue weighted by Gasteiger charge is 2.23. The molecule has 0 unspecified atom stereocenters. The summed E-state index contributed by atoms with van der Waals surface area (Å²) in [5.41, 5.74) is 14.4. The van der Waals surface area contributed by atoms with E-state index in [4.69, 9.17) is 9.97 Å². The predicted molar refractivity (Wildman–Crippen MR) is 188 cm³/mol. The summed E-state index contributed by atoms with van der Waals surface area (Å²) in [6.45, 7) is 19.4. The van der Waals surface area contributed by atoms with Gasteiger partial charge in [-0.25, -0.2) is 9.97 Å². The smallest absolute Gasteiger partial charge is 0.303 e. The van der Waals surface area contributed by atoms with Crippen molar-refractivity contribution in [1.82, 2.24) is 19.5 Å². The van der Waals surface area contributed by atoms with E-state index in [1.807, 2.05) is 38.1 Å². The van der Waals surface area contributed by atoms with Crippen LogP contribution in [0.15, 0.2) is 37.4 Å². The number of carboxylic acids is 2. The van der Waals surface area contributed by atoms with Crippen molar-refractivity contribution in [2.45, 2.75) is 79.7 Å². The zero-order valence-electron chi connectivity index (χ0n) is 27.4. The second-order valence-electron chi connectivity index (χ2n) is 12.1. The van der Waals surface area contributed by atoms with Gasteiger partial charge in [0.25, 0.3) is 0 Å². The van der Waals surface area contributed by atoms with E-state index in [0.29, 0.717) is 24.2 Å². The molecule has 0 fully saturated rings. The van der Waals surface area contributed by atoms with Crippen LogP contribution < -0.4 is 0 Å². The summed E-state index contributed by atoms with van der Waals surface area (Å²) in [4.78, 5) is 37.0. The molecule has 0 amide bonds. The van der Waals surface area contributed by atoms with Crippen molar-refractivity contribution < 1.29 is 19.8 Å². The van der Waals surface area contributed by atoms with Crippen LogP contribution in [0, 0.1) is 13.8 Å². The van der Waals surface area contributed by atoms with Crippen molar-refractivity contribution in [1.29, 1.82) is 0 Å². The number of hydrogen-bond donors (Lipinski definition) is 3. The lowest BCUT2D eigenvalue weighted by atomic mass is 9.98. The molecule has 8 nitrogen and oxygen atoms in total. The zero-order chi connectivity index (χ0) is 33.3. The first-order valence-corrected chi connectivity index (χ1v) is 15.8. The quantitative estimate of drug-likeness (QED) is 0.197. The van der Waals surface area contributed by atoms with Crippen LogP contribution in [0.1, 0.15) is 104 Å².